The zero-order valence-corrected chi connectivity index (χ0v) is 18.3. The van der Waals surface area contributed by atoms with Crippen LogP contribution in [0.15, 0.2) is 60.9 Å². The fraction of sp³-hybridized carbons (Fsp3) is 0.217. The van der Waals surface area contributed by atoms with Crippen LogP contribution in [0.25, 0.3) is 5.69 Å². The molecule has 32 heavy (non-hydrogen) atoms. The molecule has 0 aliphatic heterocycles. The van der Waals surface area contributed by atoms with Gasteiger partial charge < -0.3 is 15.4 Å². The SMILES string of the molecule is Cc1c(Cl)cccc1NC(=O)CNC(=O)COC(=O)CCc1cnn(-c2ccccc2)c1. The lowest BCUT2D eigenvalue weighted by atomic mass is 10.2. The highest BCUT2D eigenvalue weighted by Gasteiger charge is 2.11. The summed E-state index contributed by atoms with van der Waals surface area (Å²) in [6.07, 6.45) is 4.08. The minimum absolute atomic E-state index is 0.113. The van der Waals surface area contributed by atoms with Crippen LogP contribution in [0, 0.1) is 6.92 Å². The van der Waals surface area contributed by atoms with Crippen molar-refractivity contribution in [2.45, 2.75) is 19.8 Å². The predicted molar refractivity (Wildman–Crippen MR) is 121 cm³/mol. The first-order valence-electron chi connectivity index (χ1n) is 9.98. The molecule has 0 unspecified atom stereocenters. The second-order valence-electron chi connectivity index (χ2n) is 7.03. The monoisotopic (exact) mass is 454 g/mol. The number of aromatic nitrogens is 2. The number of hydrogen-bond donors (Lipinski definition) is 2. The summed E-state index contributed by atoms with van der Waals surface area (Å²) < 4.78 is 6.70. The molecule has 0 atom stereocenters. The summed E-state index contributed by atoms with van der Waals surface area (Å²) in [4.78, 5) is 35.8. The zero-order valence-electron chi connectivity index (χ0n) is 17.5. The Hall–Kier alpha value is -3.65. The quantitative estimate of drug-likeness (QED) is 0.484. The maximum atomic E-state index is 12.0. The Morgan fingerprint density at radius 2 is 1.84 bits per heavy atom. The minimum atomic E-state index is -0.562. The van der Waals surface area contributed by atoms with Crippen molar-refractivity contribution in [1.82, 2.24) is 15.1 Å². The van der Waals surface area contributed by atoms with Crippen molar-refractivity contribution in [1.29, 1.82) is 0 Å². The smallest absolute Gasteiger partial charge is 0.306 e. The number of anilines is 1. The van der Waals surface area contributed by atoms with Crippen molar-refractivity contribution >= 4 is 35.1 Å². The summed E-state index contributed by atoms with van der Waals surface area (Å²) >= 11 is 6.02. The molecule has 0 aliphatic carbocycles. The van der Waals surface area contributed by atoms with Crippen LogP contribution in [0.4, 0.5) is 5.69 Å². The number of para-hydroxylation sites is 1. The van der Waals surface area contributed by atoms with Gasteiger partial charge in [0.05, 0.1) is 18.4 Å². The maximum Gasteiger partial charge on any atom is 0.306 e. The highest BCUT2D eigenvalue weighted by Crippen LogP contribution is 2.22. The summed E-state index contributed by atoms with van der Waals surface area (Å²) in [5.41, 5.74) is 3.10. The van der Waals surface area contributed by atoms with Crippen LogP contribution in [-0.4, -0.2) is 40.7 Å². The van der Waals surface area contributed by atoms with Crippen LogP contribution in [0.5, 0.6) is 0 Å². The highest BCUT2D eigenvalue weighted by molar-refractivity contribution is 6.31. The summed E-state index contributed by atoms with van der Waals surface area (Å²) in [6, 6.07) is 14.8. The average Bonchev–Trinajstić information content (AvgIpc) is 3.28. The topological polar surface area (TPSA) is 102 Å². The van der Waals surface area contributed by atoms with Crippen molar-refractivity contribution in [2.75, 3.05) is 18.5 Å². The Morgan fingerprint density at radius 3 is 2.62 bits per heavy atom. The molecule has 0 spiro atoms. The predicted octanol–water partition coefficient (Wildman–Crippen LogP) is 3.06. The number of rotatable bonds is 9. The number of benzene rings is 2. The average molecular weight is 455 g/mol. The van der Waals surface area contributed by atoms with Crippen molar-refractivity contribution in [2.24, 2.45) is 0 Å². The molecule has 0 saturated heterocycles. The number of hydrogen-bond acceptors (Lipinski definition) is 5. The summed E-state index contributed by atoms with van der Waals surface area (Å²) in [7, 11) is 0. The number of nitrogens with one attached hydrogen (secondary N) is 2. The number of halogens is 1. The molecule has 2 aromatic carbocycles. The molecule has 0 saturated carbocycles. The number of aryl methyl sites for hydroxylation is 1. The van der Waals surface area contributed by atoms with Crippen molar-refractivity contribution < 1.29 is 19.1 Å². The molecular formula is C23H23ClN4O4. The van der Waals surface area contributed by atoms with E-state index in [4.69, 9.17) is 16.3 Å². The standard InChI is InChI=1S/C23H23ClN4O4/c1-16-19(24)8-5-9-20(16)27-21(29)13-25-22(30)15-32-23(31)11-10-17-12-26-28(14-17)18-6-3-2-4-7-18/h2-9,12,14H,10-11,13,15H2,1H3,(H,25,30)(H,27,29). The molecule has 166 valence electrons. The van der Waals surface area contributed by atoms with E-state index in [2.05, 4.69) is 15.7 Å². The number of nitrogens with zero attached hydrogens (tertiary/aromatic N) is 2. The van der Waals surface area contributed by atoms with Gasteiger partial charge in [0, 0.05) is 23.3 Å². The van der Waals surface area contributed by atoms with Gasteiger partial charge in [-0.1, -0.05) is 35.9 Å². The minimum Gasteiger partial charge on any atom is -0.456 e. The largest absolute Gasteiger partial charge is 0.456 e. The molecule has 0 fully saturated rings. The summed E-state index contributed by atoms with van der Waals surface area (Å²) in [6.45, 7) is 1.08. The number of carbonyl (C=O) groups excluding carboxylic acids is 3. The van der Waals surface area contributed by atoms with Gasteiger partial charge in [-0.05, 0) is 48.7 Å². The first-order valence-corrected chi connectivity index (χ1v) is 10.4. The molecule has 0 radical (unpaired) electrons. The van der Waals surface area contributed by atoms with Gasteiger partial charge in [-0.2, -0.15) is 5.10 Å². The van der Waals surface area contributed by atoms with Crippen LogP contribution in [0.2, 0.25) is 5.02 Å². The molecule has 3 aromatic rings. The van der Waals surface area contributed by atoms with E-state index in [0.717, 1.165) is 16.8 Å². The Labute approximate surface area is 190 Å². The first-order chi connectivity index (χ1) is 15.4. The van der Waals surface area contributed by atoms with Gasteiger partial charge in [0.25, 0.3) is 5.91 Å². The Bertz CT molecular complexity index is 1100. The third kappa shape index (κ3) is 6.68. The fourth-order valence-corrected chi connectivity index (χ4v) is 3.02. The van der Waals surface area contributed by atoms with Crippen LogP contribution in [0.1, 0.15) is 17.5 Å². The van der Waals surface area contributed by atoms with Crippen LogP contribution in [-0.2, 0) is 25.5 Å². The lowest BCUT2D eigenvalue weighted by Gasteiger charge is -2.10. The van der Waals surface area contributed by atoms with E-state index in [1.165, 1.54) is 0 Å². The number of esters is 1. The molecule has 9 heteroatoms. The second kappa shape index (κ2) is 11.1. The number of carbonyl (C=O) groups is 3. The van der Waals surface area contributed by atoms with Crippen LogP contribution < -0.4 is 10.6 Å². The molecule has 1 aromatic heterocycles. The van der Waals surface area contributed by atoms with E-state index in [1.54, 1.807) is 36.0 Å². The van der Waals surface area contributed by atoms with Gasteiger partial charge in [-0.15, -0.1) is 0 Å². The van der Waals surface area contributed by atoms with Gasteiger partial charge in [-0.3, -0.25) is 14.4 Å². The van der Waals surface area contributed by atoms with Crippen molar-refractivity contribution in [3.05, 3.63) is 77.1 Å². The van der Waals surface area contributed by atoms with Gasteiger partial charge in [-0.25, -0.2) is 4.68 Å². The fourth-order valence-electron chi connectivity index (χ4n) is 2.84. The number of amides is 2. The zero-order chi connectivity index (χ0) is 22.9. The Kier molecular flexibility index (Phi) is 7.99. The molecule has 2 amide bonds. The molecule has 2 N–H and O–H groups in total. The second-order valence-corrected chi connectivity index (χ2v) is 7.43. The molecule has 3 rings (SSSR count). The lowest BCUT2D eigenvalue weighted by molar-refractivity contribution is -0.148. The molecular weight excluding hydrogens is 432 g/mol. The first kappa shape index (κ1) is 23.0. The lowest BCUT2D eigenvalue weighted by Crippen LogP contribution is -2.35. The molecule has 8 nitrogen and oxygen atoms in total. The third-order valence-electron chi connectivity index (χ3n) is 4.63. The van der Waals surface area contributed by atoms with Gasteiger partial charge in [0.2, 0.25) is 5.91 Å². The van der Waals surface area contributed by atoms with E-state index in [0.29, 0.717) is 17.1 Å². The van der Waals surface area contributed by atoms with E-state index >= 15 is 0 Å². The van der Waals surface area contributed by atoms with Crippen molar-refractivity contribution in [3.63, 3.8) is 0 Å². The highest BCUT2D eigenvalue weighted by atomic mass is 35.5. The summed E-state index contributed by atoms with van der Waals surface area (Å²) in [5.74, 6) is -1.48. The normalized spacial score (nSPS) is 10.4. The Balaban J connectivity index is 1.35. The van der Waals surface area contributed by atoms with Gasteiger partial charge >= 0.3 is 5.97 Å². The molecule has 1 heterocycles. The van der Waals surface area contributed by atoms with E-state index in [1.807, 2.05) is 36.5 Å². The molecule has 0 bridgehead atoms. The van der Waals surface area contributed by atoms with Crippen LogP contribution >= 0.6 is 11.6 Å². The van der Waals surface area contributed by atoms with E-state index < -0.39 is 24.4 Å². The summed E-state index contributed by atoms with van der Waals surface area (Å²) in [5, 5.41) is 9.89. The van der Waals surface area contributed by atoms with Crippen LogP contribution in [0.3, 0.4) is 0 Å². The van der Waals surface area contributed by atoms with Gasteiger partial charge in [0.15, 0.2) is 6.61 Å². The third-order valence-corrected chi connectivity index (χ3v) is 5.04. The maximum absolute atomic E-state index is 12.0. The van der Waals surface area contributed by atoms with Crippen molar-refractivity contribution in [3.8, 4) is 5.69 Å². The molecule has 0 aliphatic rings. The van der Waals surface area contributed by atoms with E-state index in [9.17, 15) is 14.4 Å². The van der Waals surface area contributed by atoms with Gasteiger partial charge in [0.1, 0.15) is 0 Å². The number of ether oxygens (including phenoxy) is 1. The Morgan fingerprint density at radius 1 is 1.06 bits per heavy atom. The van der Waals surface area contributed by atoms with E-state index in [-0.39, 0.29) is 13.0 Å².